The fourth-order valence-electron chi connectivity index (χ4n) is 2.51. The summed E-state index contributed by atoms with van der Waals surface area (Å²) in [6.07, 6.45) is 0. The van der Waals surface area contributed by atoms with Gasteiger partial charge in [0.25, 0.3) is 11.8 Å². The van der Waals surface area contributed by atoms with Gasteiger partial charge in [0.05, 0.1) is 7.11 Å². The lowest BCUT2D eigenvalue weighted by molar-refractivity contribution is -0.123. The number of thioether (sulfide) groups is 1. The molecule has 8 heteroatoms. The summed E-state index contributed by atoms with van der Waals surface area (Å²) < 4.78 is 10.4. The third kappa shape index (κ3) is 7.24. The van der Waals surface area contributed by atoms with Crippen molar-refractivity contribution in [1.82, 2.24) is 10.9 Å². The van der Waals surface area contributed by atoms with Crippen LogP contribution < -0.4 is 20.3 Å². The van der Waals surface area contributed by atoms with E-state index in [1.807, 2.05) is 36.4 Å². The van der Waals surface area contributed by atoms with Gasteiger partial charge in [-0.05, 0) is 66.2 Å². The minimum absolute atomic E-state index is 0.229. The van der Waals surface area contributed by atoms with E-state index in [0.29, 0.717) is 22.1 Å². The highest BCUT2D eigenvalue weighted by atomic mass is 35.5. The van der Waals surface area contributed by atoms with Crippen LogP contribution in [0.3, 0.4) is 0 Å². The van der Waals surface area contributed by atoms with Gasteiger partial charge in [0.15, 0.2) is 6.61 Å². The smallest absolute Gasteiger partial charge is 0.276 e. The quantitative estimate of drug-likeness (QED) is 0.386. The number of hydrogen-bond donors (Lipinski definition) is 2. The summed E-state index contributed by atoms with van der Waals surface area (Å²) >= 11 is 7.57. The van der Waals surface area contributed by atoms with Crippen LogP contribution >= 0.6 is 23.4 Å². The molecule has 0 heterocycles. The second kappa shape index (κ2) is 11.3. The Balaban J connectivity index is 1.41. The molecule has 6 nitrogen and oxygen atoms in total. The van der Waals surface area contributed by atoms with Gasteiger partial charge in [-0.2, -0.15) is 0 Å². The number of hydrogen-bond acceptors (Lipinski definition) is 5. The summed E-state index contributed by atoms with van der Waals surface area (Å²) in [6.45, 7) is -0.229. The number of methoxy groups -OCH3 is 1. The summed E-state index contributed by atoms with van der Waals surface area (Å²) in [5, 5.41) is 0.708. The molecule has 0 radical (unpaired) electrons. The van der Waals surface area contributed by atoms with Crippen LogP contribution in [0.5, 0.6) is 11.5 Å². The SMILES string of the molecule is COc1ccc(OCC(=O)NNC(=O)c2ccc(CSc3ccc(Cl)cc3)cc2)cc1. The Kier molecular flexibility index (Phi) is 8.20. The van der Waals surface area contributed by atoms with E-state index in [2.05, 4.69) is 10.9 Å². The first-order valence-corrected chi connectivity index (χ1v) is 10.7. The van der Waals surface area contributed by atoms with Gasteiger partial charge in [-0.3, -0.25) is 20.4 Å². The third-order valence-electron chi connectivity index (χ3n) is 4.18. The van der Waals surface area contributed by atoms with Gasteiger partial charge in [0.2, 0.25) is 0 Å². The van der Waals surface area contributed by atoms with Crippen LogP contribution in [-0.4, -0.2) is 25.5 Å². The van der Waals surface area contributed by atoms with Crippen LogP contribution in [0.1, 0.15) is 15.9 Å². The molecule has 0 atom stereocenters. The molecule has 3 rings (SSSR count). The van der Waals surface area contributed by atoms with E-state index in [0.717, 1.165) is 16.2 Å². The molecule has 3 aromatic carbocycles. The number of nitrogens with one attached hydrogen (secondary N) is 2. The van der Waals surface area contributed by atoms with Crippen LogP contribution in [0, 0.1) is 0 Å². The average Bonchev–Trinajstić information content (AvgIpc) is 2.81. The molecule has 160 valence electrons. The average molecular weight is 457 g/mol. The number of hydrazine groups is 1. The summed E-state index contributed by atoms with van der Waals surface area (Å²) in [4.78, 5) is 25.2. The van der Waals surface area contributed by atoms with E-state index < -0.39 is 11.8 Å². The maximum absolute atomic E-state index is 12.2. The van der Waals surface area contributed by atoms with Crippen molar-refractivity contribution in [2.75, 3.05) is 13.7 Å². The Morgan fingerprint density at radius 3 is 2.16 bits per heavy atom. The van der Waals surface area contributed by atoms with Crippen molar-refractivity contribution in [2.45, 2.75) is 10.6 Å². The summed E-state index contributed by atoms with van der Waals surface area (Å²) in [5.41, 5.74) is 6.23. The molecule has 0 aromatic heterocycles. The number of carbonyl (C=O) groups is 2. The van der Waals surface area contributed by atoms with E-state index in [1.54, 1.807) is 55.3 Å². The lowest BCUT2D eigenvalue weighted by Gasteiger charge is -2.09. The van der Waals surface area contributed by atoms with Crippen LogP contribution in [0.2, 0.25) is 5.02 Å². The standard InChI is InChI=1S/C23H21ClN2O4S/c1-29-19-8-10-20(11-9-19)30-14-22(27)25-26-23(28)17-4-2-16(3-5-17)15-31-21-12-6-18(24)7-13-21/h2-13H,14-15H2,1H3,(H,25,27)(H,26,28). The molecule has 0 saturated carbocycles. The fraction of sp³-hybridized carbons (Fsp3) is 0.130. The molecule has 0 bridgehead atoms. The maximum Gasteiger partial charge on any atom is 0.276 e. The second-order valence-corrected chi connectivity index (χ2v) is 7.89. The minimum Gasteiger partial charge on any atom is -0.497 e. The Bertz CT molecular complexity index is 1010. The van der Waals surface area contributed by atoms with Crippen LogP contribution in [0.15, 0.2) is 77.7 Å². The Hall–Kier alpha value is -3.16. The van der Waals surface area contributed by atoms with Crippen molar-refractivity contribution in [1.29, 1.82) is 0 Å². The van der Waals surface area contributed by atoms with Crippen molar-refractivity contribution < 1.29 is 19.1 Å². The van der Waals surface area contributed by atoms with Crippen LogP contribution in [0.25, 0.3) is 0 Å². The van der Waals surface area contributed by atoms with Gasteiger partial charge < -0.3 is 9.47 Å². The van der Waals surface area contributed by atoms with E-state index in [4.69, 9.17) is 21.1 Å². The highest BCUT2D eigenvalue weighted by Gasteiger charge is 2.08. The van der Waals surface area contributed by atoms with Gasteiger partial charge in [0.1, 0.15) is 11.5 Å². The first-order chi connectivity index (χ1) is 15.0. The molecule has 0 aliphatic carbocycles. The van der Waals surface area contributed by atoms with Gasteiger partial charge in [-0.1, -0.05) is 23.7 Å². The van der Waals surface area contributed by atoms with E-state index in [-0.39, 0.29) is 6.61 Å². The minimum atomic E-state index is -0.472. The molecule has 0 aliphatic heterocycles. The molecule has 0 aliphatic rings. The number of carbonyl (C=O) groups excluding carboxylic acids is 2. The Morgan fingerprint density at radius 1 is 0.871 bits per heavy atom. The van der Waals surface area contributed by atoms with E-state index in [9.17, 15) is 9.59 Å². The topological polar surface area (TPSA) is 76.7 Å². The van der Waals surface area contributed by atoms with Crippen molar-refractivity contribution in [3.8, 4) is 11.5 Å². The summed E-state index contributed by atoms with van der Waals surface area (Å²) in [6, 6.07) is 21.7. The van der Waals surface area contributed by atoms with Crippen molar-refractivity contribution in [3.05, 3.63) is 88.9 Å². The third-order valence-corrected chi connectivity index (χ3v) is 5.52. The molecule has 0 fully saturated rings. The second-order valence-electron chi connectivity index (χ2n) is 6.41. The number of amides is 2. The molecule has 3 aromatic rings. The monoisotopic (exact) mass is 456 g/mol. The van der Waals surface area contributed by atoms with Gasteiger partial charge in [-0.25, -0.2) is 0 Å². The van der Waals surface area contributed by atoms with Crippen LogP contribution in [-0.2, 0) is 10.5 Å². The zero-order chi connectivity index (χ0) is 22.1. The molecule has 0 saturated heterocycles. The number of rotatable bonds is 8. The number of benzene rings is 3. The van der Waals surface area contributed by atoms with E-state index >= 15 is 0 Å². The van der Waals surface area contributed by atoms with Gasteiger partial charge in [0, 0.05) is 21.2 Å². The lowest BCUT2D eigenvalue weighted by Crippen LogP contribution is -2.43. The Labute approximate surface area is 189 Å². The van der Waals surface area contributed by atoms with Crippen molar-refractivity contribution in [2.24, 2.45) is 0 Å². The zero-order valence-electron chi connectivity index (χ0n) is 16.8. The number of ether oxygens (including phenoxy) is 2. The Morgan fingerprint density at radius 2 is 1.52 bits per heavy atom. The predicted octanol–water partition coefficient (Wildman–Crippen LogP) is 4.48. The van der Waals surface area contributed by atoms with E-state index in [1.165, 1.54) is 0 Å². The van der Waals surface area contributed by atoms with Gasteiger partial charge in [-0.15, -0.1) is 11.8 Å². The summed E-state index contributed by atoms with van der Waals surface area (Å²) in [7, 11) is 1.57. The van der Waals surface area contributed by atoms with Crippen molar-refractivity contribution >= 4 is 35.2 Å². The molecule has 0 spiro atoms. The fourth-order valence-corrected chi connectivity index (χ4v) is 3.49. The molecule has 2 N–H and O–H groups in total. The highest BCUT2D eigenvalue weighted by Crippen LogP contribution is 2.24. The zero-order valence-corrected chi connectivity index (χ0v) is 18.3. The molecular weight excluding hydrogens is 436 g/mol. The normalized spacial score (nSPS) is 10.3. The predicted molar refractivity (Wildman–Crippen MR) is 122 cm³/mol. The molecular formula is C23H21ClN2O4S. The lowest BCUT2D eigenvalue weighted by atomic mass is 10.1. The maximum atomic E-state index is 12.2. The first kappa shape index (κ1) is 22.5. The highest BCUT2D eigenvalue weighted by molar-refractivity contribution is 7.98. The van der Waals surface area contributed by atoms with Gasteiger partial charge >= 0.3 is 0 Å². The van der Waals surface area contributed by atoms with Crippen molar-refractivity contribution in [3.63, 3.8) is 0 Å². The number of halogens is 1. The summed E-state index contributed by atoms with van der Waals surface area (Å²) in [5.74, 6) is 1.10. The largest absolute Gasteiger partial charge is 0.497 e. The molecule has 31 heavy (non-hydrogen) atoms. The molecule has 2 amide bonds. The first-order valence-electron chi connectivity index (χ1n) is 9.37. The molecule has 0 unspecified atom stereocenters. The van der Waals surface area contributed by atoms with Crippen LogP contribution in [0.4, 0.5) is 0 Å².